The van der Waals surface area contributed by atoms with Crippen LogP contribution >= 0.6 is 0 Å². The third-order valence-electron chi connectivity index (χ3n) is 13.3. The van der Waals surface area contributed by atoms with Crippen molar-refractivity contribution in [3.05, 3.63) is 312 Å². The molecule has 0 spiro atoms. The molecule has 0 aliphatic heterocycles. The number of hydrogen-bond acceptors (Lipinski definition) is 0. The molecule has 1 fully saturated rings. The maximum atomic E-state index is 2.36. The molecule has 11 aromatic carbocycles. The Labute approximate surface area is 451 Å². The minimum Gasteiger partial charge on any atom is -0.0625 e. The Morgan fingerprint density at radius 3 is 1.20 bits per heavy atom. The summed E-state index contributed by atoms with van der Waals surface area (Å²) in [6.45, 7) is 15.1. The molecule has 0 heterocycles. The van der Waals surface area contributed by atoms with Crippen LogP contribution in [0.5, 0.6) is 0 Å². The zero-order valence-electron chi connectivity index (χ0n) is 45.7. The maximum Gasteiger partial charge on any atom is -0.0155 e. The smallest absolute Gasteiger partial charge is 0.0155 e. The third-order valence-corrected chi connectivity index (χ3v) is 13.3. The molecule has 75 heavy (non-hydrogen) atoms. The molecule has 0 atom stereocenters. The van der Waals surface area contributed by atoms with Crippen molar-refractivity contribution in [2.24, 2.45) is 5.92 Å². The van der Waals surface area contributed by atoms with Crippen LogP contribution < -0.4 is 0 Å². The van der Waals surface area contributed by atoms with Gasteiger partial charge in [-0.05, 0) is 114 Å². The van der Waals surface area contributed by atoms with Crippen molar-refractivity contribution in [3.8, 4) is 33.4 Å². The monoisotopic (exact) mass is 979 g/mol. The first-order chi connectivity index (χ1) is 36.6. The molecular formula is C75H78. The van der Waals surface area contributed by atoms with Gasteiger partial charge in [0.05, 0.1) is 0 Å². The van der Waals surface area contributed by atoms with Crippen LogP contribution in [0.25, 0.3) is 54.9 Å². The van der Waals surface area contributed by atoms with E-state index in [4.69, 9.17) is 0 Å². The van der Waals surface area contributed by atoms with Gasteiger partial charge in [-0.3, -0.25) is 0 Å². The van der Waals surface area contributed by atoms with Crippen molar-refractivity contribution in [2.75, 3.05) is 0 Å². The summed E-state index contributed by atoms with van der Waals surface area (Å²) in [5, 5.41) is 5.33. The van der Waals surface area contributed by atoms with Crippen molar-refractivity contribution < 1.29 is 0 Å². The van der Waals surface area contributed by atoms with Gasteiger partial charge >= 0.3 is 0 Å². The molecule has 11 aromatic rings. The highest BCUT2D eigenvalue weighted by molar-refractivity contribution is 5.85. The number of benzene rings is 11. The highest BCUT2D eigenvalue weighted by Crippen LogP contribution is 2.24. The molecule has 1 saturated carbocycles. The molecule has 12 rings (SSSR count). The molecule has 0 saturated heterocycles. The number of fused-ring (bicyclic) bond motifs is 2. The predicted molar refractivity (Wildman–Crippen MR) is 331 cm³/mol. The van der Waals surface area contributed by atoms with Gasteiger partial charge < -0.3 is 0 Å². The van der Waals surface area contributed by atoms with E-state index in [1.54, 1.807) is 0 Å². The molecule has 1 aliphatic carbocycles. The normalized spacial score (nSPS) is 11.3. The van der Waals surface area contributed by atoms with E-state index >= 15 is 0 Å². The Hall–Kier alpha value is -8.06. The van der Waals surface area contributed by atoms with E-state index in [2.05, 4.69) is 291 Å². The molecule has 0 heteroatoms. The van der Waals surface area contributed by atoms with Gasteiger partial charge in [-0.15, -0.1) is 0 Å². The van der Waals surface area contributed by atoms with Crippen molar-refractivity contribution in [2.45, 2.75) is 80.6 Å². The van der Waals surface area contributed by atoms with Crippen molar-refractivity contribution >= 4 is 21.5 Å². The summed E-state index contributed by atoms with van der Waals surface area (Å²) in [6, 6.07) is 96.9. The summed E-state index contributed by atoms with van der Waals surface area (Å²) in [6.07, 6.45) is 7.44. The van der Waals surface area contributed by atoms with Crippen molar-refractivity contribution in [1.82, 2.24) is 0 Å². The summed E-state index contributed by atoms with van der Waals surface area (Å²) in [5.74, 6) is 1.04. The van der Waals surface area contributed by atoms with E-state index in [1.807, 2.05) is 36.4 Å². The van der Waals surface area contributed by atoms with Crippen molar-refractivity contribution in [3.63, 3.8) is 0 Å². The van der Waals surface area contributed by atoms with E-state index in [-0.39, 0.29) is 0 Å². The van der Waals surface area contributed by atoms with Crippen LogP contribution in [0.2, 0.25) is 0 Å². The maximum absolute atomic E-state index is 2.36. The Morgan fingerprint density at radius 1 is 0.253 bits per heavy atom. The van der Waals surface area contributed by atoms with Crippen molar-refractivity contribution in [1.29, 1.82) is 0 Å². The fraction of sp³-hybridized carbons (Fsp3) is 0.173. The SMILES string of the molecule is CC1CCCCC1.Cc1ccc(-c2ccccc2)cc1.Cc1ccc2ccccc2c1.Cc1cccc(-c2ccccc2)c1.Cc1cccc2ccccc12.Cc1ccccc1.Cc1ccccc1-c1ccccc1. The summed E-state index contributed by atoms with van der Waals surface area (Å²) < 4.78 is 0. The van der Waals surface area contributed by atoms with E-state index in [9.17, 15) is 0 Å². The lowest BCUT2D eigenvalue weighted by molar-refractivity contribution is 0.385. The first kappa shape index (κ1) is 56.2. The van der Waals surface area contributed by atoms with Gasteiger partial charge in [-0.2, -0.15) is 0 Å². The fourth-order valence-corrected chi connectivity index (χ4v) is 8.88. The molecule has 0 N–H and O–H groups in total. The molecule has 378 valence electrons. The number of rotatable bonds is 3. The molecule has 0 nitrogen and oxygen atoms in total. The zero-order valence-corrected chi connectivity index (χ0v) is 45.7. The van der Waals surface area contributed by atoms with Crippen LogP contribution in [0.1, 0.15) is 72.4 Å². The first-order valence-electron chi connectivity index (χ1n) is 26.9. The largest absolute Gasteiger partial charge is 0.0625 e. The van der Waals surface area contributed by atoms with Gasteiger partial charge in [0.25, 0.3) is 0 Å². The lowest BCUT2D eigenvalue weighted by Gasteiger charge is -2.15. The molecule has 0 radical (unpaired) electrons. The van der Waals surface area contributed by atoms with E-state index in [0.29, 0.717) is 0 Å². The molecule has 0 aromatic heterocycles. The van der Waals surface area contributed by atoms with Crippen LogP contribution in [-0.4, -0.2) is 0 Å². The highest BCUT2D eigenvalue weighted by atomic mass is 14.1. The quantitative estimate of drug-likeness (QED) is 0.165. The topological polar surface area (TPSA) is 0 Å². The van der Waals surface area contributed by atoms with Crippen LogP contribution in [0.3, 0.4) is 0 Å². The van der Waals surface area contributed by atoms with Gasteiger partial charge in [0.2, 0.25) is 0 Å². The number of aryl methyl sites for hydroxylation is 6. The van der Waals surface area contributed by atoms with Gasteiger partial charge in [0, 0.05) is 0 Å². The highest BCUT2D eigenvalue weighted by Gasteiger charge is 2.06. The van der Waals surface area contributed by atoms with Gasteiger partial charge in [-0.1, -0.05) is 340 Å². The first-order valence-corrected chi connectivity index (χ1v) is 26.9. The third kappa shape index (κ3) is 20.1. The average Bonchev–Trinajstić information content (AvgIpc) is 3.46. The molecule has 1 aliphatic rings. The van der Waals surface area contributed by atoms with Gasteiger partial charge in [-0.25, -0.2) is 0 Å². The summed E-state index contributed by atoms with van der Waals surface area (Å²) in [7, 11) is 0. The summed E-state index contributed by atoms with van der Waals surface area (Å²) >= 11 is 0. The average molecular weight is 979 g/mol. The summed E-state index contributed by atoms with van der Waals surface area (Å²) in [4.78, 5) is 0. The van der Waals surface area contributed by atoms with E-state index in [1.165, 1.54) is 120 Å². The van der Waals surface area contributed by atoms with E-state index < -0.39 is 0 Å². The minimum absolute atomic E-state index is 1.04. The molecule has 0 amide bonds. The van der Waals surface area contributed by atoms with Crippen LogP contribution in [0.4, 0.5) is 0 Å². The lowest BCUT2D eigenvalue weighted by atomic mass is 9.91. The fourth-order valence-electron chi connectivity index (χ4n) is 8.88. The molecular weight excluding hydrogens is 901 g/mol. The van der Waals surface area contributed by atoms with Gasteiger partial charge in [0.1, 0.15) is 0 Å². The van der Waals surface area contributed by atoms with Crippen LogP contribution in [0.15, 0.2) is 279 Å². The Bertz CT molecular complexity index is 3260. The van der Waals surface area contributed by atoms with Crippen LogP contribution in [0, 0.1) is 47.5 Å². The molecule has 0 bridgehead atoms. The number of hydrogen-bond donors (Lipinski definition) is 0. The van der Waals surface area contributed by atoms with Crippen LogP contribution in [-0.2, 0) is 0 Å². The predicted octanol–water partition coefficient (Wildman–Crippen LogP) is 21.9. The minimum atomic E-state index is 1.04. The zero-order chi connectivity index (χ0) is 52.9. The van der Waals surface area contributed by atoms with Gasteiger partial charge in [0.15, 0.2) is 0 Å². The second kappa shape index (κ2) is 31.5. The molecule has 0 unspecified atom stereocenters. The summed E-state index contributed by atoms with van der Waals surface area (Å²) in [5.41, 5.74) is 15.7. The Morgan fingerprint density at radius 2 is 0.653 bits per heavy atom. The second-order valence-corrected chi connectivity index (χ2v) is 19.7. The Balaban J connectivity index is 0.000000144. The second-order valence-electron chi connectivity index (χ2n) is 19.7. The standard InChI is InChI=1S/3C13H12.2C11H10.C7H14.C7H8/c1-11-7-5-6-10-13(11)12-8-3-2-4-9-12;1-11-6-5-9-13(10-11)12-7-3-2-4-8-12;1-11-7-9-13(10-8-11)12-5-3-2-4-6-12;1-9-5-4-7-10-6-2-3-8-11(9)10;1-9-6-7-10-4-2-3-5-11(10)8-9;2*1-7-5-3-2-4-6-7/h3*2-10H,1H3;2*2-8H,1H3;7H,2-6H2,1H3;2-6H,1H3. The van der Waals surface area contributed by atoms with E-state index in [0.717, 1.165) is 5.92 Å². The lowest BCUT2D eigenvalue weighted by Crippen LogP contribution is -1.99. The Kier molecular flexibility index (Phi) is 23.6.